The van der Waals surface area contributed by atoms with E-state index < -0.39 is 21.8 Å². The van der Waals surface area contributed by atoms with E-state index in [4.69, 9.17) is 14.7 Å². The summed E-state index contributed by atoms with van der Waals surface area (Å²) in [7, 11) is -4.73. The van der Waals surface area contributed by atoms with Crippen LogP contribution >= 0.6 is 0 Å². The summed E-state index contributed by atoms with van der Waals surface area (Å²) in [6, 6.07) is 10.9. The molecule has 1 unspecified atom stereocenters. The van der Waals surface area contributed by atoms with Gasteiger partial charge in [0.1, 0.15) is 5.82 Å². The summed E-state index contributed by atoms with van der Waals surface area (Å²) in [6.07, 6.45) is 4.85. The van der Waals surface area contributed by atoms with E-state index in [0.29, 0.717) is 23.3 Å². The summed E-state index contributed by atoms with van der Waals surface area (Å²) in [6.45, 7) is 5.53. The number of pyridine rings is 3. The summed E-state index contributed by atoms with van der Waals surface area (Å²) in [5, 5.41) is 3.70. The lowest BCUT2D eigenvalue weighted by Gasteiger charge is -2.50. The molecule has 3 fully saturated rings. The maximum absolute atomic E-state index is 13.3. The number of morpholine rings is 1. The Balaban J connectivity index is 1.16. The Kier molecular flexibility index (Phi) is 8.07. The van der Waals surface area contributed by atoms with Crippen LogP contribution in [0.5, 0.6) is 0 Å². The highest BCUT2D eigenvalue weighted by molar-refractivity contribution is 7.89. The van der Waals surface area contributed by atoms with Gasteiger partial charge in [-0.1, -0.05) is 12.5 Å². The summed E-state index contributed by atoms with van der Waals surface area (Å²) < 4.78 is 57.8. The number of carbonyl (C=O) groups is 1. The third kappa shape index (κ3) is 6.34. The van der Waals surface area contributed by atoms with Crippen LogP contribution in [0.25, 0.3) is 22.3 Å². The van der Waals surface area contributed by atoms with Gasteiger partial charge in [-0.25, -0.2) is 18.4 Å². The normalized spacial score (nSPS) is 24.3. The van der Waals surface area contributed by atoms with Crippen molar-refractivity contribution in [3.8, 4) is 11.4 Å². The fourth-order valence-corrected chi connectivity index (χ4v) is 7.69. The maximum atomic E-state index is 13.3. The van der Waals surface area contributed by atoms with Gasteiger partial charge < -0.3 is 15.0 Å². The first-order valence-corrected chi connectivity index (χ1v) is 16.2. The fraction of sp³-hybridized carbons (Fsp3) is 0.533. The Hall–Kier alpha value is -3.29. The summed E-state index contributed by atoms with van der Waals surface area (Å²) in [5.41, 5.74) is 2.23. The molecular weight excluding hydrogens is 578 g/mol. The molecule has 1 aliphatic carbocycles. The minimum atomic E-state index is -4.73. The molecule has 43 heavy (non-hydrogen) atoms. The second-order valence-electron chi connectivity index (χ2n) is 12.2. The van der Waals surface area contributed by atoms with Gasteiger partial charge in [0, 0.05) is 43.8 Å². The molecule has 10 nitrogen and oxygen atoms in total. The van der Waals surface area contributed by atoms with E-state index in [1.807, 2.05) is 30.3 Å². The third-order valence-corrected chi connectivity index (χ3v) is 10.1. The number of hydrogen-bond donors (Lipinski definition) is 1. The number of ether oxygens (including phenoxy) is 1. The molecule has 230 valence electrons. The second kappa shape index (κ2) is 11.7. The van der Waals surface area contributed by atoms with Crippen molar-refractivity contribution < 1.29 is 26.7 Å². The molecule has 1 spiro atoms. The number of amides is 1. The van der Waals surface area contributed by atoms with E-state index in [2.05, 4.69) is 29.0 Å². The highest BCUT2D eigenvalue weighted by Crippen LogP contribution is 2.48. The molecule has 2 saturated heterocycles. The Morgan fingerprint density at radius 3 is 2.53 bits per heavy atom. The van der Waals surface area contributed by atoms with E-state index in [1.54, 1.807) is 12.3 Å². The van der Waals surface area contributed by atoms with Crippen LogP contribution in [0.4, 0.5) is 14.6 Å². The van der Waals surface area contributed by atoms with Crippen LogP contribution in [-0.2, 0) is 26.0 Å². The first kappa shape index (κ1) is 29.8. The molecule has 1 saturated carbocycles. The van der Waals surface area contributed by atoms with Crippen molar-refractivity contribution in [1.82, 2.24) is 24.6 Å². The molecule has 6 rings (SSSR count). The van der Waals surface area contributed by atoms with E-state index in [0.717, 1.165) is 53.6 Å². The molecule has 0 radical (unpaired) electrons. The number of carbonyl (C=O) groups excluding carboxylic acids is 1. The van der Waals surface area contributed by atoms with Crippen LogP contribution in [0, 0.1) is 5.41 Å². The smallest absolute Gasteiger partial charge is 0.350 e. The quantitative estimate of drug-likeness (QED) is 0.428. The number of nitrogens with zero attached hydrogens (tertiary/aromatic N) is 5. The summed E-state index contributed by atoms with van der Waals surface area (Å²) in [4.78, 5) is 29.4. The number of rotatable bonds is 7. The minimum Gasteiger partial charge on any atom is -0.372 e. The number of hydrogen-bond acceptors (Lipinski definition) is 8. The standard InChI is InChI=1S/C30H36F2N6O4S/c1-19-15-37(16-20(2)42-19)27-6-3-5-24(36-27)25-8-7-21-14-33-22(11-26(21)35-25)12-28(39)34-23-13-30(9-4-10-30)18-38(17-23)43(40,41)29(31)32/h3,5-8,11,14,19-20,23,29H,4,9-10,12-13,15-18H2,1-2H3,(H,34,39)/t19-,20+,23?. The Labute approximate surface area is 249 Å². The molecule has 13 heteroatoms. The molecule has 3 atom stereocenters. The Morgan fingerprint density at radius 2 is 1.84 bits per heavy atom. The van der Waals surface area contributed by atoms with Crippen molar-refractivity contribution in [3.63, 3.8) is 0 Å². The van der Waals surface area contributed by atoms with Crippen molar-refractivity contribution in [2.24, 2.45) is 5.41 Å². The molecule has 0 aromatic carbocycles. The minimum absolute atomic E-state index is 0.0475. The fourth-order valence-electron chi connectivity index (χ4n) is 6.63. The number of anilines is 1. The monoisotopic (exact) mass is 614 g/mol. The van der Waals surface area contributed by atoms with Crippen LogP contribution in [0.15, 0.2) is 42.6 Å². The first-order valence-electron chi connectivity index (χ1n) is 14.7. The van der Waals surface area contributed by atoms with Crippen LogP contribution in [0.2, 0.25) is 0 Å². The van der Waals surface area contributed by atoms with Gasteiger partial charge >= 0.3 is 5.76 Å². The number of alkyl halides is 2. The Bertz CT molecular complexity index is 1610. The van der Waals surface area contributed by atoms with Crippen LogP contribution in [0.3, 0.4) is 0 Å². The van der Waals surface area contributed by atoms with E-state index in [9.17, 15) is 22.0 Å². The molecule has 3 aromatic rings. The van der Waals surface area contributed by atoms with Crippen LogP contribution in [-0.4, -0.2) is 83.8 Å². The predicted octanol–water partition coefficient (Wildman–Crippen LogP) is 3.76. The molecule has 2 aliphatic heterocycles. The zero-order valence-electron chi connectivity index (χ0n) is 24.2. The van der Waals surface area contributed by atoms with Crippen molar-refractivity contribution in [3.05, 3.63) is 48.3 Å². The highest BCUT2D eigenvalue weighted by atomic mass is 32.2. The molecule has 3 aliphatic rings. The number of fused-ring (bicyclic) bond motifs is 1. The number of aromatic nitrogens is 3. The average molecular weight is 615 g/mol. The van der Waals surface area contributed by atoms with Gasteiger partial charge in [0.05, 0.1) is 41.2 Å². The van der Waals surface area contributed by atoms with Gasteiger partial charge in [0.25, 0.3) is 10.0 Å². The number of sulfonamides is 1. The van der Waals surface area contributed by atoms with Crippen molar-refractivity contribution in [1.29, 1.82) is 0 Å². The lowest BCUT2D eigenvalue weighted by atomic mass is 9.64. The molecule has 1 N–H and O–H groups in total. The number of nitrogens with one attached hydrogen (secondary N) is 1. The van der Waals surface area contributed by atoms with Gasteiger partial charge in [0.2, 0.25) is 5.91 Å². The van der Waals surface area contributed by atoms with Gasteiger partial charge in [0.15, 0.2) is 0 Å². The van der Waals surface area contributed by atoms with Gasteiger partial charge in [-0.3, -0.25) is 9.78 Å². The van der Waals surface area contributed by atoms with E-state index >= 15 is 0 Å². The number of halogens is 2. The zero-order valence-corrected chi connectivity index (χ0v) is 25.1. The molecular formula is C30H36F2N6O4S. The molecule has 1 amide bonds. The third-order valence-electron chi connectivity index (χ3n) is 8.69. The maximum Gasteiger partial charge on any atom is 0.350 e. The molecule has 3 aromatic heterocycles. The van der Waals surface area contributed by atoms with Crippen LogP contribution < -0.4 is 10.2 Å². The summed E-state index contributed by atoms with van der Waals surface area (Å²) in [5.74, 6) is -2.97. The van der Waals surface area contributed by atoms with Gasteiger partial charge in [-0.2, -0.15) is 13.1 Å². The van der Waals surface area contributed by atoms with E-state index in [-0.39, 0.29) is 43.0 Å². The van der Waals surface area contributed by atoms with Crippen molar-refractivity contribution >= 4 is 32.7 Å². The highest BCUT2D eigenvalue weighted by Gasteiger charge is 2.48. The average Bonchev–Trinajstić information content (AvgIpc) is 2.95. The van der Waals surface area contributed by atoms with E-state index in [1.165, 1.54) is 0 Å². The topological polar surface area (TPSA) is 118 Å². The zero-order chi connectivity index (χ0) is 30.4. The van der Waals surface area contributed by atoms with Gasteiger partial charge in [-0.05, 0) is 68.9 Å². The number of piperidine rings is 1. The van der Waals surface area contributed by atoms with Crippen LogP contribution in [0.1, 0.15) is 45.2 Å². The Morgan fingerprint density at radius 1 is 1.09 bits per heavy atom. The lowest BCUT2D eigenvalue weighted by Crippen LogP contribution is -2.59. The largest absolute Gasteiger partial charge is 0.372 e. The first-order chi connectivity index (χ1) is 20.5. The SMILES string of the molecule is C[C@@H]1CN(c2cccc(-c3ccc4cnc(CC(=O)NC5CN(S(=O)(=O)C(F)F)CC6(CCC6)C5)cc4n3)n2)C[C@H](C)O1. The van der Waals surface area contributed by atoms with Crippen molar-refractivity contribution in [2.45, 2.75) is 70.0 Å². The second-order valence-corrected chi connectivity index (χ2v) is 14.1. The summed E-state index contributed by atoms with van der Waals surface area (Å²) >= 11 is 0. The van der Waals surface area contributed by atoms with Gasteiger partial charge in [-0.15, -0.1) is 0 Å². The molecule has 0 bridgehead atoms. The predicted molar refractivity (Wildman–Crippen MR) is 158 cm³/mol. The lowest BCUT2D eigenvalue weighted by molar-refractivity contribution is -0.122. The molecule has 5 heterocycles. The van der Waals surface area contributed by atoms with Crippen molar-refractivity contribution in [2.75, 3.05) is 31.1 Å².